The normalized spacial score (nSPS) is 11.5. The average Bonchev–Trinajstić information content (AvgIpc) is 2.55. The highest BCUT2D eigenvalue weighted by molar-refractivity contribution is 7.99. The summed E-state index contributed by atoms with van der Waals surface area (Å²) in [6.07, 6.45) is 15.5. The van der Waals surface area contributed by atoms with E-state index < -0.39 is 5.54 Å². The van der Waals surface area contributed by atoms with E-state index in [9.17, 15) is 0 Å². The molecule has 0 heterocycles. The van der Waals surface area contributed by atoms with Crippen LogP contribution in [0.3, 0.4) is 0 Å². The number of aliphatic hydroxyl groups is 2. The lowest BCUT2D eigenvalue weighted by Gasteiger charge is -2.24. The van der Waals surface area contributed by atoms with Gasteiger partial charge in [-0.3, -0.25) is 0 Å². The van der Waals surface area contributed by atoms with Crippen LogP contribution in [0.2, 0.25) is 0 Å². The Bertz CT molecular complexity index is 229. The Balaban J connectivity index is 0. The molecule has 0 spiro atoms. The molecule has 0 saturated carbocycles. The van der Waals surface area contributed by atoms with E-state index >= 15 is 0 Å². The molecule has 0 aromatic rings. The maximum Gasteiger partial charge on any atom is 0.0633 e. The summed E-state index contributed by atoms with van der Waals surface area (Å²) in [6, 6.07) is 0. The molecule has 0 aliphatic rings. The van der Waals surface area contributed by atoms with Crippen LogP contribution in [0.4, 0.5) is 0 Å². The van der Waals surface area contributed by atoms with Gasteiger partial charge in [0.05, 0.1) is 18.8 Å². The molecule has 0 bridgehead atoms. The third-order valence-electron chi connectivity index (χ3n) is 4.24. The first kappa shape index (κ1) is 25.8. The Labute approximate surface area is 154 Å². The number of hydrogen-bond donors (Lipinski definition) is 3. The maximum absolute atomic E-state index is 9.10. The number of nitrogens with two attached hydrogens (primary N) is 1. The van der Waals surface area contributed by atoms with E-state index in [1.807, 2.05) is 11.8 Å². The van der Waals surface area contributed by atoms with Gasteiger partial charge in [-0.1, -0.05) is 64.7 Å². The summed E-state index contributed by atoms with van der Waals surface area (Å²) < 4.78 is 0. The number of unbranched alkanes of at least 4 members (excludes halogenated alkanes) is 9. The molecular weight excluding hydrogens is 330 g/mol. The molecule has 3 nitrogen and oxygen atoms in total. The quantitative estimate of drug-likeness (QED) is 0.329. The van der Waals surface area contributed by atoms with Crippen molar-refractivity contribution in [3.63, 3.8) is 0 Å². The van der Waals surface area contributed by atoms with Crippen LogP contribution >= 0.6 is 24.2 Å². The highest BCUT2D eigenvalue weighted by Crippen LogP contribution is 2.15. The first-order valence-corrected chi connectivity index (χ1v) is 10.4. The van der Waals surface area contributed by atoms with E-state index in [1.54, 1.807) is 0 Å². The number of hydrogen-bond acceptors (Lipinski definition) is 4. The van der Waals surface area contributed by atoms with Gasteiger partial charge >= 0.3 is 0 Å². The van der Waals surface area contributed by atoms with Crippen molar-refractivity contribution in [2.45, 2.75) is 89.5 Å². The molecule has 0 atom stereocenters. The van der Waals surface area contributed by atoms with Gasteiger partial charge in [-0.15, -0.1) is 12.4 Å². The Kier molecular flexibility index (Phi) is 21.1. The summed E-state index contributed by atoms with van der Waals surface area (Å²) in [5.41, 5.74) is 5.05. The SMILES string of the molecule is CCCCCCCCCCCCSCCCC(N)(CO)CO.Cl. The van der Waals surface area contributed by atoms with Crippen LogP contribution in [0.15, 0.2) is 0 Å². The molecule has 0 unspecified atom stereocenters. The fraction of sp³-hybridized carbons (Fsp3) is 1.00. The van der Waals surface area contributed by atoms with E-state index in [0.717, 1.165) is 12.2 Å². The molecule has 0 aliphatic heterocycles. The smallest absolute Gasteiger partial charge is 0.0633 e. The second-order valence-corrected chi connectivity index (χ2v) is 7.80. The van der Waals surface area contributed by atoms with Crippen LogP contribution in [0.25, 0.3) is 0 Å². The van der Waals surface area contributed by atoms with Crippen molar-refractivity contribution in [2.24, 2.45) is 5.73 Å². The highest BCUT2D eigenvalue weighted by Gasteiger charge is 2.21. The zero-order valence-corrected chi connectivity index (χ0v) is 16.7. The molecular formula is C18H40ClNO2S. The fourth-order valence-corrected chi connectivity index (χ4v) is 3.49. The van der Waals surface area contributed by atoms with E-state index in [1.165, 1.54) is 70.0 Å². The topological polar surface area (TPSA) is 66.5 Å². The van der Waals surface area contributed by atoms with Gasteiger partial charge in [0, 0.05) is 0 Å². The van der Waals surface area contributed by atoms with E-state index in [2.05, 4.69) is 6.92 Å². The third-order valence-corrected chi connectivity index (χ3v) is 5.39. The number of aliphatic hydroxyl groups excluding tert-OH is 2. The third kappa shape index (κ3) is 17.1. The van der Waals surface area contributed by atoms with Crippen LogP contribution in [0, 0.1) is 0 Å². The zero-order valence-electron chi connectivity index (χ0n) is 15.1. The Morgan fingerprint density at radius 2 is 1.17 bits per heavy atom. The molecule has 0 amide bonds. The van der Waals surface area contributed by atoms with Crippen molar-refractivity contribution in [3.8, 4) is 0 Å². The minimum atomic E-state index is -0.780. The predicted octanol–water partition coefficient (Wildman–Crippen LogP) is 4.52. The minimum absolute atomic E-state index is 0. The Morgan fingerprint density at radius 1 is 0.739 bits per heavy atom. The maximum atomic E-state index is 9.10. The first-order valence-electron chi connectivity index (χ1n) is 9.27. The van der Waals surface area contributed by atoms with Crippen molar-refractivity contribution in [1.82, 2.24) is 0 Å². The van der Waals surface area contributed by atoms with Gasteiger partial charge in [-0.25, -0.2) is 0 Å². The molecule has 0 rings (SSSR count). The van der Waals surface area contributed by atoms with Crippen molar-refractivity contribution in [3.05, 3.63) is 0 Å². The lowest BCUT2D eigenvalue weighted by Crippen LogP contribution is -2.47. The molecule has 4 N–H and O–H groups in total. The molecule has 142 valence electrons. The Hall–Kier alpha value is 0.520. The van der Waals surface area contributed by atoms with E-state index in [4.69, 9.17) is 15.9 Å². The van der Waals surface area contributed by atoms with Gasteiger partial charge in [0.25, 0.3) is 0 Å². The zero-order chi connectivity index (χ0) is 16.5. The summed E-state index contributed by atoms with van der Waals surface area (Å²) in [5.74, 6) is 2.31. The van der Waals surface area contributed by atoms with Crippen LogP contribution < -0.4 is 5.73 Å². The van der Waals surface area contributed by atoms with Crippen LogP contribution in [-0.4, -0.2) is 40.5 Å². The monoisotopic (exact) mass is 369 g/mol. The molecule has 0 aromatic heterocycles. The lowest BCUT2D eigenvalue weighted by atomic mass is 9.97. The molecule has 0 aliphatic carbocycles. The predicted molar refractivity (Wildman–Crippen MR) is 107 cm³/mol. The Morgan fingerprint density at radius 3 is 1.65 bits per heavy atom. The second kappa shape index (κ2) is 18.9. The van der Waals surface area contributed by atoms with Gasteiger partial charge in [0.2, 0.25) is 0 Å². The number of halogens is 1. The number of rotatable bonds is 17. The van der Waals surface area contributed by atoms with Gasteiger partial charge in [-0.2, -0.15) is 11.8 Å². The van der Waals surface area contributed by atoms with Gasteiger partial charge in [-0.05, 0) is 30.8 Å². The molecule has 0 saturated heterocycles. The van der Waals surface area contributed by atoms with Crippen molar-refractivity contribution in [2.75, 3.05) is 24.7 Å². The van der Waals surface area contributed by atoms with Crippen molar-refractivity contribution in [1.29, 1.82) is 0 Å². The standard InChI is InChI=1S/C18H39NO2S.ClH/c1-2-3-4-5-6-7-8-9-10-11-14-22-15-12-13-18(19,16-20)17-21;/h20-21H,2-17,19H2,1H3;1H. The minimum Gasteiger partial charge on any atom is -0.394 e. The van der Waals surface area contributed by atoms with E-state index in [-0.39, 0.29) is 25.6 Å². The van der Waals surface area contributed by atoms with Gasteiger partial charge in [0.15, 0.2) is 0 Å². The lowest BCUT2D eigenvalue weighted by molar-refractivity contribution is 0.114. The van der Waals surface area contributed by atoms with Crippen LogP contribution in [0.5, 0.6) is 0 Å². The molecule has 23 heavy (non-hydrogen) atoms. The number of thioether (sulfide) groups is 1. The molecule has 0 radical (unpaired) electrons. The van der Waals surface area contributed by atoms with Crippen molar-refractivity contribution < 1.29 is 10.2 Å². The summed E-state index contributed by atoms with van der Waals surface area (Å²) in [7, 11) is 0. The molecule has 0 aromatic carbocycles. The van der Waals surface area contributed by atoms with Crippen molar-refractivity contribution >= 4 is 24.2 Å². The van der Waals surface area contributed by atoms with E-state index in [0.29, 0.717) is 6.42 Å². The highest BCUT2D eigenvalue weighted by atomic mass is 35.5. The van der Waals surface area contributed by atoms with Crippen LogP contribution in [0.1, 0.15) is 84.0 Å². The fourth-order valence-electron chi connectivity index (χ4n) is 2.53. The molecule has 0 fully saturated rings. The van der Waals surface area contributed by atoms with Crippen LogP contribution in [-0.2, 0) is 0 Å². The average molecular weight is 370 g/mol. The summed E-state index contributed by atoms with van der Waals surface area (Å²) in [5, 5.41) is 18.2. The first-order chi connectivity index (χ1) is 10.7. The molecule has 5 heteroatoms. The largest absolute Gasteiger partial charge is 0.394 e. The second-order valence-electron chi connectivity index (χ2n) is 6.58. The summed E-state index contributed by atoms with van der Waals surface area (Å²) >= 11 is 1.97. The van der Waals surface area contributed by atoms with Gasteiger partial charge < -0.3 is 15.9 Å². The summed E-state index contributed by atoms with van der Waals surface area (Å²) in [4.78, 5) is 0. The summed E-state index contributed by atoms with van der Waals surface area (Å²) in [6.45, 7) is 2.00. The van der Waals surface area contributed by atoms with Gasteiger partial charge in [0.1, 0.15) is 0 Å².